The van der Waals surface area contributed by atoms with Crippen LogP contribution >= 0.6 is 0 Å². The Morgan fingerprint density at radius 2 is 1.54 bits per heavy atom. The topological polar surface area (TPSA) is 27.1 Å². The van der Waals surface area contributed by atoms with Gasteiger partial charge in [-0.2, -0.15) is 0 Å². The standard InChI is InChI=1S/C8H17N.C3H7N/c1-4-7-9(6-3)8-5-2;1-2-3-4/h6H,3-5,7-8H2,1-2H3;3-4H,2H2,1H3. The second-order valence-electron chi connectivity index (χ2n) is 2.83. The molecule has 0 unspecified atom stereocenters. The van der Waals surface area contributed by atoms with Crippen LogP contribution in [0.25, 0.3) is 0 Å². The molecule has 0 atom stereocenters. The van der Waals surface area contributed by atoms with Gasteiger partial charge >= 0.3 is 0 Å². The molecule has 0 rings (SSSR count). The molecule has 0 bridgehead atoms. The maximum atomic E-state index is 6.33. The largest absolute Gasteiger partial charge is 0.378 e. The first-order valence-corrected chi connectivity index (χ1v) is 5.12. The molecule has 2 nitrogen and oxygen atoms in total. The lowest BCUT2D eigenvalue weighted by atomic mass is 10.4. The third-order valence-corrected chi connectivity index (χ3v) is 1.48. The van der Waals surface area contributed by atoms with Gasteiger partial charge in [0.2, 0.25) is 0 Å². The van der Waals surface area contributed by atoms with Crippen molar-refractivity contribution < 1.29 is 0 Å². The van der Waals surface area contributed by atoms with Crippen LogP contribution in [0.2, 0.25) is 0 Å². The maximum Gasteiger partial charge on any atom is 0.0169 e. The van der Waals surface area contributed by atoms with Crippen LogP contribution in [0.15, 0.2) is 12.8 Å². The molecule has 0 aromatic rings. The Morgan fingerprint density at radius 3 is 1.69 bits per heavy atom. The second kappa shape index (κ2) is 13.8. The number of rotatable bonds is 6. The summed E-state index contributed by atoms with van der Waals surface area (Å²) in [6.45, 7) is 12.3. The van der Waals surface area contributed by atoms with Crippen molar-refractivity contribution in [2.24, 2.45) is 0 Å². The Balaban J connectivity index is 0. The Morgan fingerprint density at radius 1 is 1.15 bits per heavy atom. The van der Waals surface area contributed by atoms with Gasteiger partial charge in [-0.05, 0) is 31.7 Å². The highest BCUT2D eigenvalue weighted by Gasteiger charge is 1.91. The van der Waals surface area contributed by atoms with Crippen LogP contribution in [0.4, 0.5) is 0 Å². The fourth-order valence-electron chi connectivity index (χ4n) is 0.869. The summed E-state index contributed by atoms with van der Waals surface area (Å²) in [6, 6.07) is 0. The fourth-order valence-corrected chi connectivity index (χ4v) is 0.869. The van der Waals surface area contributed by atoms with Crippen molar-refractivity contribution in [3.8, 4) is 0 Å². The fraction of sp³-hybridized carbons (Fsp3) is 0.727. The van der Waals surface area contributed by atoms with Crippen molar-refractivity contribution in [1.29, 1.82) is 5.41 Å². The van der Waals surface area contributed by atoms with Gasteiger partial charge in [-0.15, -0.1) is 0 Å². The summed E-state index contributed by atoms with van der Waals surface area (Å²) in [5.41, 5.74) is 0. The van der Waals surface area contributed by atoms with Crippen molar-refractivity contribution in [2.75, 3.05) is 13.1 Å². The summed E-state index contributed by atoms with van der Waals surface area (Å²) in [5.74, 6) is 0. The van der Waals surface area contributed by atoms with Crippen LogP contribution in [0.3, 0.4) is 0 Å². The monoisotopic (exact) mass is 184 g/mol. The minimum absolute atomic E-state index is 0.861. The summed E-state index contributed by atoms with van der Waals surface area (Å²) in [4.78, 5) is 2.25. The number of hydrogen-bond acceptors (Lipinski definition) is 2. The summed E-state index contributed by atoms with van der Waals surface area (Å²) in [6.07, 6.45) is 6.59. The van der Waals surface area contributed by atoms with E-state index in [0.717, 1.165) is 19.5 Å². The quantitative estimate of drug-likeness (QED) is 0.630. The maximum absolute atomic E-state index is 6.33. The molecule has 0 amide bonds. The predicted molar refractivity (Wildman–Crippen MR) is 61.4 cm³/mol. The zero-order valence-corrected chi connectivity index (χ0v) is 9.34. The first kappa shape index (κ1) is 14.7. The summed E-state index contributed by atoms with van der Waals surface area (Å²) < 4.78 is 0. The zero-order chi connectivity index (χ0) is 10.5. The van der Waals surface area contributed by atoms with E-state index < -0.39 is 0 Å². The smallest absolute Gasteiger partial charge is 0.0169 e. The van der Waals surface area contributed by atoms with Gasteiger partial charge in [0.15, 0.2) is 0 Å². The molecule has 0 aromatic carbocycles. The van der Waals surface area contributed by atoms with E-state index in [1.807, 2.05) is 13.1 Å². The van der Waals surface area contributed by atoms with E-state index in [4.69, 9.17) is 5.41 Å². The van der Waals surface area contributed by atoms with Gasteiger partial charge < -0.3 is 10.3 Å². The highest BCUT2D eigenvalue weighted by atomic mass is 15.1. The van der Waals surface area contributed by atoms with Gasteiger partial charge in [-0.1, -0.05) is 27.4 Å². The van der Waals surface area contributed by atoms with E-state index in [2.05, 4.69) is 25.3 Å². The number of hydrogen-bond donors (Lipinski definition) is 1. The van der Waals surface area contributed by atoms with E-state index in [1.54, 1.807) is 0 Å². The van der Waals surface area contributed by atoms with Crippen LogP contribution < -0.4 is 0 Å². The van der Waals surface area contributed by atoms with Gasteiger partial charge in [0.1, 0.15) is 0 Å². The minimum atomic E-state index is 0.861. The van der Waals surface area contributed by atoms with Crippen molar-refractivity contribution in [1.82, 2.24) is 4.90 Å². The van der Waals surface area contributed by atoms with Gasteiger partial charge in [-0.25, -0.2) is 0 Å². The van der Waals surface area contributed by atoms with Crippen LogP contribution in [-0.2, 0) is 0 Å². The molecule has 0 aromatic heterocycles. The lowest BCUT2D eigenvalue weighted by Gasteiger charge is -2.17. The average Bonchev–Trinajstić information content (AvgIpc) is 2.18. The van der Waals surface area contributed by atoms with E-state index in [-0.39, 0.29) is 0 Å². The Labute approximate surface area is 83.2 Å². The van der Waals surface area contributed by atoms with Crippen LogP contribution in [0, 0.1) is 5.41 Å². The van der Waals surface area contributed by atoms with E-state index in [1.165, 1.54) is 19.1 Å². The molecular formula is C11H24N2. The molecule has 0 radical (unpaired) electrons. The molecule has 0 fully saturated rings. The summed E-state index contributed by atoms with van der Waals surface area (Å²) >= 11 is 0. The average molecular weight is 184 g/mol. The molecular weight excluding hydrogens is 160 g/mol. The zero-order valence-electron chi connectivity index (χ0n) is 9.34. The Hall–Kier alpha value is -0.790. The minimum Gasteiger partial charge on any atom is -0.378 e. The van der Waals surface area contributed by atoms with Gasteiger partial charge in [0.25, 0.3) is 0 Å². The molecule has 78 valence electrons. The van der Waals surface area contributed by atoms with E-state index in [9.17, 15) is 0 Å². The molecule has 2 heteroatoms. The molecule has 0 spiro atoms. The van der Waals surface area contributed by atoms with Crippen LogP contribution in [0.5, 0.6) is 0 Å². The Kier molecular flexibility index (Phi) is 15.6. The van der Waals surface area contributed by atoms with Crippen molar-refractivity contribution in [3.63, 3.8) is 0 Å². The lowest BCUT2D eigenvalue weighted by Crippen LogP contribution is -2.18. The molecule has 13 heavy (non-hydrogen) atoms. The summed E-state index contributed by atoms with van der Waals surface area (Å²) in [5, 5.41) is 6.33. The van der Waals surface area contributed by atoms with E-state index >= 15 is 0 Å². The Bertz CT molecular complexity index is 105. The van der Waals surface area contributed by atoms with Crippen LogP contribution in [-0.4, -0.2) is 24.2 Å². The molecule has 0 saturated heterocycles. The summed E-state index contributed by atoms with van der Waals surface area (Å²) in [7, 11) is 0. The number of nitrogens with zero attached hydrogens (tertiary/aromatic N) is 1. The van der Waals surface area contributed by atoms with Gasteiger partial charge in [0.05, 0.1) is 0 Å². The van der Waals surface area contributed by atoms with E-state index in [0.29, 0.717) is 0 Å². The van der Waals surface area contributed by atoms with Crippen LogP contribution in [0.1, 0.15) is 40.0 Å². The molecule has 0 aliphatic carbocycles. The third-order valence-electron chi connectivity index (χ3n) is 1.48. The highest BCUT2D eigenvalue weighted by molar-refractivity contribution is 5.51. The van der Waals surface area contributed by atoms with Crippen molar-refractivity contribution >= 4 is 6.21 Å². The normalized spacial score (nSPS) is 8.23. The second-order valence-corrected chi connectivity index (χ2v) is 2.83. The van der Waals surface area contributed by atoms with Gasteiger partial charge in [0, 0.05) is 13.1 Å². The molecule has 0 aliphatic heterocycles. The lowest BCUT2D eigenvalue weighted by molar-refractivity contribution is 0.377. The predicted octanol–water partition coefficient (Wildman–Crippen LogP) is 3.30. The SMILES string of the molecule is C=CN(CCC)CCC.CCC=N. The molecule has 0 heterocycles. The third kappa shape index (κ3) is 14.1. The first-order chi connectivity index (χ1) is 6.26. The first-order valence-electron chi connectivity index (χ1n) is 5.12. The molecule has 1 N–H and O–H groups in total. The van der Waals surface area contributed by atoms with Crippen molar-refractivity contribution in [3.05, 3.63) is 12.8 Å². The van der Waals surface area contributed by atoms with Gasteiger partial charge in [-0.3, -0.25) is 0 Å². The number of nitrogens with one attached hydrogen (secondary N) is 1. The molecule has 0 saturated carbocycles. The molecule has 0 aliphatic rings. The van der Waals surface area contributed by atoms with Crippen molar-refractivity contribution in [2.45, 2.75) is 40.0 Å². The highest BCUT2D eigenvalue weighted by Crippen LogP contribution is 1.92.